The van der Waals surface area contributed by atoms with E-state index in [4.69, 9.17) is 23.2 Å². The van der Waals surface area contributed by atoms with Crippen molar-refractivity contribution in [3.05, 3.63) is 55.7 Å². The van der Waals surface area contributed by atoms with E-state index in [0.717, 1.165) is 5.56 Å². The van der Waals surface area contributed by atoms with Gasteiger partial charge in [0, 0.05) is 10.9 Å². The summed E-state index contributed by atoms with van der Waals surface area (Å²) in [6.45, 7) is 1.85. The van der Waals surface area contributed by atoms with E-state index in [1.54, 1.807) is 23.6 Å². The first-order valence-electron chi connectivity index (χ1n) is 5.46. The maximum atomic E-state index is 12.4. The Morgan fingerprint density at radius 2 is 2.05 bits per heavy atom. The second kappa shape index (κ2) is 5.75. The summed E-state index contributed by atoms with van der Waals surface area (Å²) in [5, 5.41) is 13.7. The lowest BCUT2D eigenvalue weighted by Gasteiger charge is -2.09. The number of rotatable bonds is 3. The minimum atomic E-state index is -0.858. The Morgan fingerprint density at radius 3 is 2.58 bits per heavy atom. The van der Waals surface area contributed by atoms with Gasteiger partial charge in [0.25, 0.3) is 0 Å². The van der Waals surface area contributed by atoms with Crippen molar-refractivity contribution in [2.45, 2.75) is 12.8 Å². The molecule has 0 fully saturated rings. The summed E-state index contributed by atoms with van der Waals surface area (Å²) in [5.41, 5.74) is 2.03. The average molecular weight is 310 g/mol. The van der Waals surface area contributed by atoms with E-state index in [-0.39, 0.29) is 5.78 Å². The number of Topliss-reactive ketones (excluding diaryl/α,β-unsaturated/α-hetero) is 1. The van der Waals surface area contributed by atoms with Crippen LogP contribution < -0.4 is 0 Å². The SMILES string of the molecule is Cc1cscc1C(=O)C(C#N)c1ccc(Cl)c(Cl)c1. The number of nitriles is 1. The lowest BCUT2D eigenvalue weighted by atomic mass is 9.92. The zero-order valence-electron chi connectivity index (χ0n) is 9.98. The number of thiophene rings is 1. The van der Waals surface area contributed by atoms with Gasteiger partial charge in [-0.15, -0.1) is 0 Å². The summed E-state index contributed by atoms with van der Waals surface area (Å²) in [6, 6.07) is 6.85. The molecule has 0 spiro atoms. The Labute approximate surface area is 125 Å². The number of nitrogens with zero attached hydrogens (tertiary/aromatic N) is 1. The van der Waals surface area contributed by atoms with Crippen molar-refractivity contribution in [1.29, 1.82) is 5.26 Å². The zero-order valence-corrected chi connectivity index (χ0v) is 12.3. The maximum absolute atomic E-state index is 12.4. The van der Waals surface area contributed by atoms with Crippen molar-refractivity contribution in [3.63, 3.8) is 0 Å². The Kier molecular flexibility index (Phi) is 4.26. The van der Waals surface area contributed by atoms with Crippen molar-refractivity contribution in [3.8, 4) is 6.07 Å². The molecule has 2 aromatic rings. The van der Waals surface area contributed by atoms with Gasteiger partial charge in [-0.05, 0) is 35.6 Å². The molecule has 2 nitrogen and oxygen atoms in total. The zero-order chi connectivity index (χ0) is 14.0. The fourth-order valence-electron chi connectivity index (χ4n) is 1.74. The van der Waals surface area contributed by atoms with Gasteiger partial charge in [0.05, 0.1) is 16.1 Å². The monoisotopic (exact) mass is 309 g/mol. The highest BCUT2D eigenvalue weighted by Gasteiger charge is 2.24. The van der Waals surface area contributed by atoms with E-state index in [9.17, 15) is 10.1 Å². The molecule has 96 valence electrons. The van der Waals surface area contributed by atoms with Crippen LogP contribution in [0.15, 0.2) is 29.0 Å². The minimum Gasteiger partial charge on any atom is -0.292 e. The third-order valence-electron chi connectivity index (χ3n) is 2.79. The molecule has 19 heavy (non-hydrogen) atoms. The lowest BCUT2D eigenvalue weighted by molar-refractivity contribution is 0.0979. The summed E-state index contributed by atoms with van der Waals surface area (Å²) < 4.78 is 0. The summed E-state index contributed by atoms with van der Waals surface area (Å²) in [5.74, 6) is -1.07. The van der Waals surface area contributed by atoms with Crippen LogP contribution in [0.1, 0.15) is 27.4 Å². The molecule has 0 radical (unpaired) electrons. The van der Waals surface area contributed by atoms with E-state index >= 15 is 0 Å². The van der Waals surface area contributed by atoms with Crippen molar-refractivity contribution in [1.82, 2.24) is 0 Å². The normalized spacial score (nSPS) is 11.9. The predicted molar refractivity (Wildman–Crippen MR) is 78.2 cm³/mol. The Balaban J connectivity index is 2.41. The van der Waals surface area contributed by atoms with Crippen LogP contribution in [0.2, 0.25) is 10.0 Å². The third-order valence-corrected chi connectivity index (χ3v) is 4.39. The fraction of sp³-hybridized carbons (Fsp3) is 0.143. The highest BCUT2D eigenvalue weighted by Crippen LogP contribution is 2.29. The summed E-state index contributed by atoms with van der Waals surface area (Å²) in [6.07, 6.45) is 0. The average Bonchev–Trinajstić information content (AvgIpc) is 2.80. The molecule has 5 heteroatoms. The number of carbonyl (C=O) groups is 1. The standard InChI is InChI=1S/C14H9Cl2NOS/c1-8-6-19-7-11(8)14(18)10(5-17)9-2-3-12(15)13(16)4-9/h2-4,6-7,10H,1H3. The van der Waals surface area contributed by atoms with Crippen LogP contribution in [-0.4, -0.2) is 5.78 Å². The second-order valence-corrected chi connectivity index (χ2v) is 5.63. The van der Waals surface area contributed by atoms with Gasteiger partial charge in [-0.25, -0.2) is 0 Å². The van der Waals surface area contributed by atoms with Crippen LogP contribution in [0.3, 0.4) is 0 Å². The summed E-state index contributed by atoms with van der Waals surface area (Å²) in [4.78, 5) is 12.4. The molecule has 1 heterocycles. The van der Waals surface area contributed by atoms with Crippen LogP contribution in [-0.2, 0) is 0 Å². The number of ketones is 1. The van der Waals surface area contributed by atoms with E-state index < -0.39 is 5.92 Å². The van der Waals surface area contributed by atoms with Crippen LogP contribution in [0.25, 0.3) is 0 Å². The maximum Gasteiger partial charge on any atom is 0.185 e. The van der Waals surface area contributed by atoms with Gasteiger partial charge in [-0.3, -0.25) is 4.79 Å². The van der Waals surface area contributed by atoms with Crippen molar-refractivity contribution in [2.75, 3.05) is 0 Å². The number of halogens is 2. The molecule has 0 saturated heterocycles. The summed E-state index contributed by atoms with van der Waals surface area (Å²) in [7, 11) is 0. The first-order chi connectivity index (χ1) is 9.04. The van der Waals surface area contributed by atoms with Gasteiger partial charge >= 0.3 is 0 Å². The number of carbonyl (C=O) groups excluding carboxylic acids is 1. The van der Waals surface area contributed by atoms with Gasteiger partial charge in [-0.2, -0.15) is 16.6 Å². The smallest absolute Gasteiger partial charge is 0.185 e. The molecule has 0 N–H and O–H groups in total. The van der Waals surface area contributed by atoms with Crippen LogP contribution in [0.5, 0.6) is 0 Å². The van der Waals surface area contributed by atoms with Gasteiger partial charge in [0.15, 0.2) is 5.78 Å². The highest BCUT2D eigenvalue weighted by molar-refractivity contribution is 7.08. The number of hydrogen-bond acceptors (Lipinski definition) is 3. The molecule has 0 aliphatic rings. The topological polar surface area (TPSA) is 40.9 Å². The van der Waals surface area contributed by atoms with Crippen molar-refractivity contribution < 1.29 is 4.79 Å². The quantitative estimate of drug-likeness (QED) is 0.760. The highest BCUT2D eigenvalue weighted by atomic mass is 35.5. The minimum absolute atomic E-state index is 0.209. The van der Waals surface area contributed by atoms with E-state index in [1.165, 1.54) is 11.3 Å². The first kappa shape index (κ1) is 14.1. The van der Waals surface area contributed by atoms with E-state index in [0.29, 0.717) is 21.2 Å². The molecule has 0 saturated carbocycles. The number of aryl methyl sites for hydroxylation is 1. The number of benzene rings is 1. The van der Waals surface area contributed by atoms with Gasteiger partial charge < -0.3 is 0 Å². The molecule has 0 bridgehead atoms. The Morgan fingerprint density at radius 1 is 1.32 bits per heavy atom. The molecule has 2 rings (SSSR count). The largest absolute Gasteiger partial charge is 0.292 e. The van der Waals surface area contributed by atoms with Crippen LogP contribution in [0, 0.1) is 18.3 Å². The fourth-order valence-corrected chi connectivity index (χ4v) is 2.89. The molecular formula is C14H9Cl2NOS. The van der Waals surface area contributed by atoms with Crippen molar-refractivity contribution >= 4 is 40.3 Å². The number of hydrogen-bond donors (Lipinski definition) is 0. The molecule has 1 atom stereocenters. The molecule has 0 amide bonds. The van der Waals surface area contributed by atoms with Gasteiger partial charge in [0.1, 0.15) is 5.92 Å². The Hall–Kier alpha value is -1.34. The van der Waals surface area contributed by atoms with Crippen molar-refractivity contribution in [2.24, 2.45) is 0 Å². The third kappa shape index (κ3) is 2.82. The molecule has 1 aromatic carbocycles. The summed E-state index contributed by atoms with van der Waals surface area (Å²) >= 11 is 13.2. The first-order valence-corrected chi connectivity index (χ1v) is 7.16. The second-order valence-electron chi connectivity index (χ2n) is 4.07. The van der Waals surface area contributed by atoms with Crippen LogP contribution in [0.4, 0.5) is 0 Å². The van der Waals surface area contributed by atoms with Gasteiger partial charge in [0.2, 0.25) is 0 Å². The van der Waals surface area contributed by atoms with E-state index in [2.05, 4.69) is 0 Å². The predicted octanol–water partition coefficient (Wildman–Crippen LogP) is 4.85. The van der Waals surface area contributed by atoms with Gasteiger partial charge in [-0.1, -0.05) is 29.3 Å². The molecule has 1 unspecified atom stereocenters. The molecule has 1 aromatic heterocycles. The van der Waals surface area contributed by atoms with E-state index in [1.807, 2.05) is 18.4 Å². The van der Waals surface area contributed by atoms with Crippen LogP contribution >= 0.6 is 34.5 Å². The molecule has 0 aliphatic heterocycles. The Bertz CT molecular complexity index is 672. The molecule has 0 aliphatic carbocycles. The molecular weight excluding hydrogens is 301 g/mol. The lowest BCUT2D eigenvalue weighted by Crippen LogP contribution is -2.11.